The van der Waals surface area contributed by atoms with E-state index in [1.165, 1.54) is 14.4 Å². The van der Waals surface area contributed by atoms with E-state index in [0.29, 0.717) is 0 Å². The van der Waals surface area contributed by atoms with Crippen molar-refractivity contribution in [3.05, 3.63) is 81.2 Å². The van der Waals surface area contributed by atoms with Crippen molar-refractivity contribution in [1.82, 2.24) is 14.3 Å². The molecule has 126 valence electrons. The van der Waals surface area contributed by atoms with Crippen molar-refractivity contribution in [3.63, 3.8) is 0 Å². The fraction of sp³-hybridized carbons (Fsp3) is 0.150. The average molecular weight is 412 g/mol. The van der Waals surface area contributed by atoms with Crippen LogP contribution in [0.4, 0.5) is 0 Å². The van der Waals surface area contributed by atoms with Gasteiger partial charge in [0.15, 0.2) is 0 Å². The van der Waals surface area contributed by atoms with Gasteiger partial charge < -0.3 is 4.40 Å². The Bertz CT molecular complexity index is 991. The van der Waals surface area contributed by atoms with Crippen molar-refractivity contribution in [3.8, 4) is 11.3 Å². The summed E-state index contributed by atoms with van der Waals surface area (Å²) < 4.78 is 3.37. The molecule has 0 saturated carbocycles. The van der Waals surface area contributed by atoms with Gasteiger partial charge in [-0.3, -0.25) is 4.90 Å². The highest BCUT2D eigenvalue weighted by molar-refractivity contribution is 9.11. The van der Waals surface area contributed by atoms with Crippen LogP contribution in [0.1, 0.15) is 10.6 Å². The van der Waals surface area contributed by atoms with Crippen LogP contribution in [0.15, 0.2) is 70.6 Å². The van der Waals surface area contributed by atoms with Gasteiger partial charge in [0.05, 0.1) is 15.2 Å². The first-order valence-corrected chi connectivity index (χ1v) is 9.76. The Morgan fingerprint density at radius 2 is 1.80 bits per heavy atom. The van der Waals surface area contributed by atoms with Crippen LogP contribution < -0.4 is 0 Å². The minimum Gasteiger partial charge on any atom is -0.302 e. The van der Waals surface area contributed by atoms with Crippen LogP contribution in [-0.2, 0) is 13.1 Å². The second-order valence-corrected chi connectivity index (χ2v) is 8.63. The topological polar surface area (TPSA) is 20.5 Å². The lowest BCUT2D eigenvalue weighted by Gasteiger charge is -2.16. The van der Waals surface area contributed by atoms with Gasteiger partial charge >= 0.3 is 0 Å². The summed E-state index contributed by atoms with van der Waals surface area (Å²) in [5.41, 5.74) is 4.43. The average Bonchev–Trinajstić information content (AvgIpc) is 3.19. The number of hydrogen-bond donors (Lipinski definition) is 0. The lowest BCUT2D eigenvalue weighted by atomic mass is 10.1. The molecule has 0 spiro atoms. The predicted molar refractivity (Wildman–Crippen MR) is 108 cm³/mol. The number of rotatable bonds is 5. The molecule has 0 fully saturated rings. The van der Waals surface area contributed by atoms with Crippen molar-refractivity contribution in [2.45, 2.75) is 13.1 Å². The number of imidazole rings is 1. The molecule has 0 atom stereocenters. The number of pyridine rings is 1. The van der Waals surface area contributed by atoms with Crippen molar-refractivity contribution in [2.75, 3.05) is 7.05 Å². The number of hydrogen-bond acceptors (Lipinski definition) is 3. The molecular weight excluding hydrogens is 394 g/mol. The number of aromatic nitrogens is 2. The molecule has 4 aromatic rings. The van der Waals surface area contributed by atoms with E-state index in [4.69, 9.17) is 4.98 Å². The number of halogens is 1. The molecule has 0 aliphatic rings. The standard InChI is InChI=1S/C20H18BrN3S/c1-23(13-16-10-11-18(21)25-16)14-17-20(15-7-3-2-4-8-15)22-19-9-5-6-12-24(17)19/h2-12H,13-14H2,1H3. The first-order valence-electron chi connectivity index (χ1n) is 8.15. The van der Waals surface area contributed by atoms with E-state index in [1.807, 2.05) is 12.1 Å². The van der Waals surface area contributed by atoms with Crippen molar-refractivity contribution in [2.24, 2.45) is 0 Å². The second kappa shape index (κ2) is 7.12. The van der Waals surface area contributed by atoms with Crippen LogP contribution in [0.5, 0.6) is 0 Å². The van der Waals surface area contributed by atoms with E-state index in [9.17, 15) is 0 Å². The molecule has 25 heavy (non-hydrogen) atoms. The minimum absolute atomic E-state index is 0.838. The molecule has 0 radical (unpaired) electrons. The van der Waals surface area contributed by atoms with Gasteiger partial charge in [0.1, 0.15) is 5.65 Å². The van der Waals surface area contributed by atoms with E-state index in [2.05, 4.69) is 87.0 Å². The maximum atomic E-state index is 4.88. The van der Waals surface area contributed by atoms with Crippen LogP contribution >= 0.6 is 27.3 Å². The summed E-state index contributed by atoms with van der Waals surface area (Å²) in [6, 6.07) is 20.9. The molecule has 0 amide bonds. The number of nitrogens with zero attached hydrogens (tertiary/aromatic N) is 3. The summed E-state index contributed by atoms with van der Waals surface area (Å²) in [5.74, 6) is 0. The Kier molecular flexibility index (Phi) is 4.70. The Hall–Kier alpha value is -1.95. The van der Waals surface area contributed by atoms with Crippen LogP contribution in [0, 0.1) is 0 Å². The summed E-state index contributed by atoms with van der Waals surface area (Å²) in [4.78, 5) is 8.56. The highest BCUT2D eigenvalue weighted by atomic mass is 79.9. The molecule has 4 rings (SSSR count). The molecule has 1 aromatic carbocycles. The third kappa shape index (κ3) is 3.54. The number of thiophene rings is 1. The van der Waals surface area contributed by atoms with Crippen molar-refractivity contribution >= 4 is 32.9 Å². The molecule has 0 aliphatic carbocycles. The monoisotopic (exact) mass is 411 g/mol. The van der Waals surface area contributed by atoms with E-state index < -0.39 is 0 Å². The van der Waals surface area contributed by atoms with Gasteiger partial charge in [-0.25, -0.2) is 4.98 Å². The molecule has 5 heteroatoms. The van der Waals surface area contributed by atoms with Gasteiger partial charge in [-0.2, -0.15) is 0 Å². The maximum Gasteiger partial charge on any atom is 0.137 e. The van der Waals surface area contributed by atoms with Crippen molar-refractivity contribution < 1.29 is 0 Å². The van der Waals surface area contributed by atoms with Gasteiger partial charge in [0.2, 0.25) is 0 Å². The molecule has 0 aliphatic heterocycles. The second-order valence-electron chi connectivity index (χ2n) is 6.08. The summed E-state index contributed by atoms with van der Waals surface area (Å²) in [7, 11) is 2.16. The van der Waals surface area contributed by atoms with E-state index in [1.54, 1.807) is 11.3 Å². The van der Waals surface area contributed by atoms with E-state index >= 15 is 0 Å². The van der Waals surface area contributed by atoms with Gasteiger partial charge in [-0.15, -0.1) is 11.3 Å². The largest absolute Gasteiger partial charge is 0.302 e. The number of fused-ring (bicyclic) bond motifs is 1. The Morgan fingerprint density at radius 3 is 2.56 bits per heavy atom. The molecule has 0 N–H and O–H groups in total. The Morgan fingerprint density at radius 1 is 1.00 bits per heavy atom. The lowest BCUT2D eigenvalue weighted by Crippen LogP contribution is -2.18. The summed E-state index contributed by atoms with van der Waals surface area (Å²) in [6.07, 6.45) is 2.10. The zero-order valence-corrected chi connectivity index (χ0v) is 16.3. The first-order chi connectivity index (χ1) is 12.2. The Balaban J connectivity index is 1.70. The third-order valence-electron chi connectivity index (χ3n) is 4.15. The van der Waals surface area contributed by atoms with Crippen molar-refractivity contribution in [1.29, 1.82) is 0 Å². The molecular formula is C20H18BrN3S. The molecule has 0 unspecified atom stereocenters. The first kappa shape index (κ1) is 16.5. The molecule has 3 nitrogen and oxygen atoms in total. The quantitative estimate of drug-likeness (QED) is 0.434. The van der Waals surface area contributed by atoms with Gasteiger partial charge in [0, 0.05) is 29.7 Å². The zero-order valence-electron chi connectivity index (χ0n) is 13.9. The third-order valence-corrected chi connectivity index (χ3v) is 5.76. The lowest BCUT2D eigenvalue weighted by molar-refractivity contribution is 0.317. The fourth-order valence-corrected chi connectivity index (χ4v) is 4.60. The molecule has 0 saturated heterocycles. The SMILES string of the molecule is CN(Cc1ccc(Br)s1)Cc1c(-c2ccccc2)nc2ccccn12. The zero-order chi connectivity index (χ0) is 17.2. The van der Waals surface area contributed by atoms with Crippen LogP contribution in [-0.4, -0.2) is 21.3 Å². The van der Waals surface area contributed by atoms with Crippen LogP contribution in [0.25, 0.3) is 16.9 Å². The van der Waals surface area contributed by atoms with Crippen LogP contribution in [0.3, 0.4) is 0 Å². The summed E-state index contributed by atoms with van der Waals surface area (Å²) >= 11 is 5.33. The summed E-state index contributed by atoms with van der Waals surface area (Å²) in [6.45, 7) is 1.76. The predicted octanol–water partition coefficient (Wildman–Crippen LogP) is 5.46. The molecule has 3 heterocycles. The fourth-order valence-electron chi connectivity index (χ4n) is 3.04. The smallest absolute Gasteiger partial charge is 0.137 e. The number of benzene rings is 1. The van der Waals surface area contributed by atoms with Crippen LogP contribution in [0.2, 0.25) is 0 Å². The Labute approximate surface area is 159 Å². The highest BCUT2D eigenvalue weighted by Crippen LogP contribution is 2.27. The maximum absolute atomic E-state index is 4.88. The van der Waals surface area contributed by atoms with Gasteiger partial charge in [-0.05, 0) is 47.2 Å². The minimum atomic E-state index is 0.838. The van der Waals surface area contributed by atoms with Gasteiger partial charge in [0.25, 0.3) is 0 Å². The van der Waals surface area contributed by atoms with E-state index in [-0.39, 0.29) is 0 Å². The highest BCUT2D eigenvalue weighted by Gasteiger charge is 2.15. The normalized spacial score (nSPS) is 11.5. The van der Waals surface area contributed by atoms with Gasteiger partial charge in [-0.1, -0.05) is 36.4 Å². The van der Waals surface area contributed by atoms with E-state index in [0.717, 1.165) is 30.0 Å². The molecule has 0 bridgehead atoms. The summed E-state index contributed by atoms with van der Waals surface area (Å²) in [5, 5.41) is 0. The molecule has 3 aromatic heterocycles.